The number of benzene rings is 1. The van der Waals surface area contributed by atoms with Gasteiger partial charge in [0.2, 0.25) is 0 Å². The normalized spacial score (nSPS) is 10.6. The van der Waals surface area contributed by atoms with Crippen molar-refractivity contribution in [2.45, 2.75) is 26.3 Å². The third-order valence-corrected chi connectivity index (χ3v) is 2.92. The molecule has 2 rings (SSSR count). The first-order chi connectivity index (χ1) is 8.30. The summed E-state index contributed by atoms with van der Waals surface area (Å²) in [5.41, 5.74) is 9.01. The van der Waals surface area contributed by atoms with E-state index in [2.05, 4.69) is 40.6 Å². The summed E-state index contributed by atoms with van der Waals surface area (Å²) in [4.78, 5) is 4.62. The monoisotopic (exact) mass is 227 g/mol. The molecule has 88 valence electrons. The lowest BCUT2D eigenvalue weighted by atomic mass is 10.1. The Morgan fingerprint density at radius 1 is 1.47 bits per heavy atom. The van der Waals surface area contributed by atoms with E-state index in [1.807, 2.05) is 0 Å². The molecule has 17 heavy (non-hydrogen) atoms. The number of fused-ring (bicyclic) bond motifs is 1. The van der Waals surface area contributed by atoms with Gasteiger partial charge in [0.1, 0.15) is 5.82 Å². The van der Waals surface area contributed by atoms with Crippen molar-refractivity contribution in [3.8, 4) is 12.3 Å². The van der Waals surface area contributed by atoms with E-state index in [4.69, 9.17) is 12.2 Å². The van der Waals surface area contributed by atoms with Crippen LogP contribution in [0.4, 0.5) is 0 Å². The summed E-state index contributed by atoms with van der Waals surface area (Å²) in [6.45, 7) is 3.28. The minimum absolute atomic E-state index is 0.553. The van der Waals surface area contributed by atoms with Gasteiger partial charge in [-0.2, -0.15) is 0 Å². The molecule has 0 fully saturated rings. The summed E-state index contributed by atoms with van der Waals surface area (Å²) in [5, 5.41) is 0. The molecule has 0 spiro atoms. The number of aromatic nitrogens is 2. The van der Waals surface area contributed by atoms with Gasteiger partial charge in [0.15, 0.2) is 0 Å². The number of nitrogens with zero attached hydrogens (tertiary/aromatic N) is 2. The third kappa shape index (κ3) is 2.17. The molecule has 2 N–H and O–H groups in total. The lowest BCUT2D eigenvalue weighted by Gasteiger charge is -2.04. The van der Waals surface area contributed by atoms with Crippen molar-refractivity contribution in [1.29, 1.82) is 0 Å². The molecule has 1 heterocycles. The quantitative estimate of drug-likeness (QED) is 0.808. The van der Waals surface area contributed by atoms with E-state index in [0.29, 0.717) is 13.1 Å². The fourth-order valence-corrected chi connectivity index (χ4v) is 2.03. The van der Waals surface area contributed by atoms with Crippen molar-refractivity contribution < 1.29 is 0 Å². The lowest BCUT2D eigenvalue weighted by molar-refractivity contribution is 0.758. The topological polar surface area (TPSA) is 43.8 Å². The van der Waals surface area contributed by atoms with Gasteiger partial charge in [-0.25, -0.2) is 4.98 Å². The van der Waals surface area contributed by atoms with Crippen LogP contribution in [0.3, 0.4) is 0 Å². The molecule has 0 bridgehead atoms. The highest BCUT2D eigenvalue weighted by Gasteiger charge is 2.09. The highest BCUT2D eigenvalue weighted by Crippen LogP contribution is 2.18. The molecule has 1 aromatic heterocycles. The van der Waals surface area contributed by atoms with Crippen molar-refractivity contribution in [2.75, 3.05) is 6.54 Å². The molecule has 3 nitrogen and oxygen atoms in total. The molecular formula is C14H17N3. The molecule has 0 aliphatic carbocycles. The average Bonchev–Trinajstić information content (AvgIpc) is 2.68. The minimum Gasteiger partial charge on any atom is -0.330 e. The SMILES string of the molecule is C#CCn1c(CCN)nc2cc(CC)ccc21. The largest absolute Gasteiger partial charge is 0.330 e. The molecule has 0 amide bonds. The maximum Gasteiger partial charge on any atom is 0.111 e. The molecule has 0 unspecified atom stereocenters. The molecule has 3 heteroatoms. The minimum atomic E-state index is 0.553. The molecule has 0 aliphatic rings. The second kappa shape index (κ2) is 5.03. The molecule has 0 radical (unpaired) electrons. The maximum absolute atomic E-state index is 5.60. The summed E-state index contributed by atoms with van der Waals surface area (Å²) < 4.78 is 2.07. The second-order valence-electron chi connectivity index (χ2n) is 4.03. The van der Waals surface area contributed by atoms with Crippen LogP contribution in [0.15, 0.2) is 18.2 Å². The van der Waals surface area contributed by atoms with E-state index in [9.17, 15) is 0 Å². The van der Waals surface area contributed by atoms with E-state index < -0.39 is 0 Å². The van der Waals surface area contributed by atoms with Crippen LogP contribution < -0.4 is 5.73 Å². The molecule has 0 saturated carbocycles. The highest BCUT2D eigenvalue weighted by atomic mass is 15.1. The van der Waals surface area contributed by atoms with Gasteiger partial charge >= 0.3 is 0 Å². The summed E-state index contributed by atoms with van der Waals surface area (Å²) in [5.74, 6) is 3.65. The number of hydrogen-bond donors (Lipinski definition) is 1. The van der Waals surface area contributed by atoms with Gasteiger partial charge in [-0.05, 0) is 30.7 Å². The highest BCUT2D eigenvalue weighted by molar-refractivity contribution is 5.77. The molecule has 0 aliphatic heterocycles. The predicted octanol–water partition coefficient (Wildman–Crippen LogP) is 1.73. The van der Waals surface area contributed by atoms with Crippen molar-refractivity contribution in [2.24, 2.45) is 5.73 Å². The first-order valence-electron chi connectivity index (χ1n) is 5.91. The van der Waals surface area contributed by atoms with Crippen LogP contribution in [-0.2, 0) is 19.4 Å². The number of terminal acetylenes is 1. The van der Waals surface area contributed by atoms with Crippen LogP contribution in [0.1, 0.15) is 18.3 Å². The van der Waals surface area contributed by atoms with Crippen molar-refractivity contribution in [3.05, 3.63) is 29.6 Å². The van der Waals surface area contributed by atoms with Crippen molar-refractivity contribution in [3.63, 3.8) is 0 Å². The maximum atomic E-state index is 5.60. The smallest absolute Gasteiger partial charge is 0.111 e. The van der Waals surface area contributed by atoms with Gasteiger partial charge in [0, 0.05) is 6.42 Å². The van der Waals surface area contributed by atoms with Gasteiger partial charge in [0.25, 0.3) is 0 Å². The zero-order valence-electron chi connectivity index (χ0n) is 10.1. The molecular weight excluding hydrogens is 210 g/mol. The Balaban J connectivity index is 2.57. The summed E-state index contributed by atoms with van der Waals surface area (Å²) >= 11 is 0. The van der Waals surface area contributed by atoms with Gasteiger partial charge in [-0.1, -0.05) is 18.9 Å². The van der Waals surface area contributed by atoms with Crippen LogP contribution in [0, 0.1) is 12.3 Å². The zero-order valence-corrected chi connectivity index (χ0v) is 10.1. The van der Waals surface area contributed by atoms with Gasteiger partial charge < -0.3 is 10.3 Å². The Bertz CT molecular complexity index is 561. The Hall–Kier alpha value is -1.79. The molecule has 0 saturated heterocycles. The van der Waals surface area contributed by atoms with Gasteiger partial charge in [0.05, 0.1) is 17.6 Å². The van der Waals surface area contributed by atoms with Gasteiger partial charge in [-0.15, -0.1) is 6.42 Å². The Labute approximate surface area is 102 Å². The van der Waals surface area contributed by atoms with Crippen LogP contribution in [0.2, 0.25) is 0 Å². The van der Waals surface area contributed by atoms with Crippen LogP contribution in [0.25, 0.3) is 11.0 Å². The number of nitrogens with two attached hydrogens (primary N) is 1. The van der Waals surface area contributed by atoms with E-state index >= 15 is 0 Å². The first kappa shape index (κ1) is 11.7. The number of imidazole rings is 1. The number of aryl methyl sites for hydroxylation is 1. The van der Waals surface area contributed by atoms with Crippen LogP contribution in [-0.4, -0.2) is 16.1 Å². The number of rotatable bonds is 4. The summed E-state index contributed by atoms with van der Waals surface area (Å²) in [6, 6.07) is 6.35. The van der Waals surface area contributed by atoms with Gasteiger partial charge in [-0.3, -0.25) is 0 Å². The van der Waals surface area contributed by atoms with Crippen LogP contribution >= 0.6 is 0 Å². The van der Waals surface area contributed by atoms with E-state index in [0.717, 1.165) is 29.7 Å². The molecule has 0 atom stereocenters. The zero-order chi connectivity index (χ0) is 12.3. The Morgan fingerprint density at radius 3 is 2.94 bits per heavy atom. The third-order valence-electron chi connectivity index (χ3n) is 2.92. The van der Waals surface area contributed by atoms with Crippen molar-refractivity contribution in [1.82, 2.24) is 9.55 Å². The first-order valence-corrected chi connectivity index (χ1v) is 5.91. The van der Waals surface area contributed by atoms with Crippen LogP contribution in [0.5, 0.6) is 0 Å². The second-order valence-corrected chi connectivity index (χ2v) is 4.03. The van der Waals surface area contributed by atoms with E-state index in [1.54, 1.807) is 0 Å². The molecule has 1 aromatic carbocycles. The summed E-state index contributed by atoms with van der Waals surface area (Å²) in [7, 11) is 0. The van der Waals surface area contributed by atoms with E-state index in [-0.39, 0.29) is 0 Å². The predicted molar refractivity (Wildman–Crippen MR) is 70.7 cm³/mol. The Morgan fingerprint density at radius 2 is 2.29 bits per heavy atom. The average molecular weight is 227 g/mol. The van der Waals surface area contributed by atoms with Crippen molar-refractivity contribution >= 4 is 11.0 Å². The Kier molecular flexibility index (Phi) is 3.46. The fourth-order valence-electron chi connectivity index (χ4n) is 2.03. The van der Waals surface area contributed by atoms with E-state index in [1.165, 1.54) is 5.56 Å². The molecule has 2 aromatic rings. The number of hydrogen-bond acceptors (Lipinski definition) is 2. The lowest BCUT2D eigenvalue weighted by Crippen LogP contribution is -2.09. The summed E-state index contributed by atoms with van der Waals surface area (Å²) in [6.07, 6.45) is 7.18. The fraction of sp³-hybridized carbons (Fsp3) is 0.357. The standard InChI is InChI=1S/C14H17N3/c1-3-9-17-13-6-5-11(4-2)10-12(13)16-14(17)7-8-15/h1,5-6,10H,4,7-9,15H2,2H3.